The number of hydrogen-bond donors (Lipinski definition) is 1. The van der Waals surface area contributed by atoms with Crippen LogP contribution in [-0.2, 0) is 4.79 Å². The van der Waals surface area contributed by atoms with E-state index in [4.69, 9.17) is 4.74 Å². The largest absolute Gasteiger partial charge is 0.437 e. The Kier molecular flexibility index (Phi) is 6.90. The minimum atomic E-state index is -0.660. The summed E-state index contributed by atoms with van der Waals surface area (Å²) in [6.07, 6.45) is 1.57. The highest BCUT2D eigenvalue weighted by Gasteiger charge is 2.29. The molecule has 0 aliphatic carbocycles. The summed E-state index contributed by atoms with van der Waals surface area (Å²) in [5, 5.41) is 7.25. The molecule has 0 bridgehead atoms. The molecule has 1 N–H and O–H groups in total. The van der Waals surface area contributed by atoms with Gasteiger partial charge >= 0.3 is 0 Å². The summed E-state index contributed by atoms with van der Waals surface area (Å²) in [6, 6.07) is 10.7. The van der Waals surface area contributed by atoms with Gasteiger partial charge in [0, 0.05) is 32.1 Å². The minimum absolute atomic E-state index is 0.00820. The lowest BCUT2D eigenvalue weighted by molar-refractivity contribution is -0.137. The Bertz CT molecular complexity index is 1260. The number of fused-ring (bicyclic) bond motifs is 1. The molecule has 4 rings (SSSR count). The van der Waals surface area contributed by atoms with E-state index in [0.717, 1.165) is 12.8 Å². The highest BCUT2D eigenvalue weighted by Crippen LogP contribution is 2.27. The lowest BCUT2D eigenvalue weighted by atomic mass is 10.0. The maximum absolute atomic E-state index is 14.6. The number of benzene rings is 2. The van der Waals surface area contributed by atoms with Crippen molar-refractivity contribution in [2.45, 2.75) is 26.7 Å². The molecular weight excluding hydrogens is 439 g/mol. The molecular formula is C25H27FN4O4. The zero-order valence-electron chi connectivity index (χ0n) is 19.2. The smallest absolute Gasteiger partial charge is 0.272 e. The third-order valence-electron chi connectivity index (χ3n) is 6.26. The Morgan fingerprint density at radius 1 is 1.03 bits per heavy atom. The average Bonchev–Trinajstić information content (AvgIpc) is 2.87. The first-order chi connectivity index (χ1) is 16.4. The van der Waals surface area contributed by atoms with Crippen molar-refractivity contribution in [3.8, 4) is 11.6 Å². The van der Waals surface area contributed by atoms with Crippen LogP contribution in [0.15, 0.2) is 47.3 Å². The molecule has 1 fully saturated rings. The van der Waals surface area contributed by atoms with Gasteiger partial charge in [-0.1, -0.05) is 26.0 Å². The van der Waals surface area contributed by atoms with Crippen LogP contribution in [0.2, 0.25) is 0 Å². The molecule has 1 aromatic heterocycles. The highest BCUT2D eigenvalue weighted by atomic mass is 19.1. The van der Waals surface area contributed by atoms with Crippen molar-refractivity contribution in [1.82, 2.24) is 20.0 Å². The monoisotopic (exact) mass is 466 g/mol. The number of carbonyl (C=O) groups excluding carboxylic acids is 2. The quantitative estimate of drug-likeness (QED) is 0.599. The molecule has 1 saturated heterocycles. The Balaban J connectivity index is 1.50. The average molecular weight is 467 g/mol. The van der Waals surface area contributed by atoms with E-state index in [0.29, 0.717) is 37.0 Å². The number of nitrogens with one attached hydrogen (secondary N) is 1. The van der Waals surface area contributed by atoms with E-state index in [2.05, 4.69) is 10.2 Å². The van der Waals surface area contributed by atoms with Crippen LogP contribution in [0.5, 0.6) is 11.6 Å². The van der Waals surface area contributed by atoms with Crippen LogP contribution in [0.25, 0.3) is 10.8 Å². The maximum Gasteiger partial charge on any atom is 0.272 e. The molecule has 2 heterocycles. The Hall–Kier alpha value is -3.75. The number of H-pyrrole nitrogens is 1. The normalized spacial score (nSPS) is 14.0. The van der Waals surface area contributed by atoms with Crippen molar-refractivity contribution in [3.05, 3.63) is 64.2 Å². The number of piperazine rings is 1. The standard InChI is InChI=1S/C25H27FN4O4/c1-3-16(4-2)24(32)29-11-13-30(14-12-29)25(33)20-15-17(9-10-21(20)26)34-23-19-8-6-5-7-18(19)22(31)27-28-23/h5-10,15-16H,3-4,11-14H2,1-2H3,(H,27,31). The summed E-state index contributed by atoms with van der Waals surface area (Å²) in [5.74, 6) is -0.653. The summed E-state index contributed by atoms with van der Waals surface area (Å²) >= 11 is 0. The fraction of sp³-hybridized carbons (Fsp3) is 0.360. The number of halogens is 1. The molecule has 34 heavy (non-hydrogen) atoms. The summed E-state index contributed by atoms with van der Waals surface area (Å²) < 4.78 is 20.4. The zero-order chi connectivity index (χ0) is 24.2. The molecule has 0 unspecified atom stereocenters. The number of aromatic amines is 1. The predicted octanol–water partition coefficient (Wildman–Crippen LogP) is 3.58. The molecule has 0 spiro atoms. The Labute approximate surface area is 196 Å². The second-order valence-corrected chi connectivity index (χ2v) is 8.28. The van der Waals surface area contributed by atoms with Gasteiger partial charge in [-0.15, -0.1) is 5.10 Å². The lowest BCUT2D eigenvalue weighted by Crippen LogP contribution is -2.52. The lowest BCUT2D eigenvalue weighted by Gasteiger charge is -2.36. The zero-order valence-corrected chi connectivity index (χ0v) is 19.2. The highest BCUT2D eigenvalue weighted by molar-refractivity contribution is 5.95. The van der Waals surface area contributed by atoms with Gasteiger partial charge in [-0.2, -0.15) is 0 Å². The first-order valence-electron chi connectivity index (χ1n) is 11.5. The molecule has 1 aliphatic heterocycles. The van der Waals surface area contributed by atoms with Crippen LogP contribution < -0.4 is 10.3 Å². The second-order valence-electron chi connectivity index (χ2n) is 8.28. The molecule has 0 saturated carbocycles. The minimum Gasteiger partial charge on any atom is -0.437 e. The van der Waals surface area contributed by atoms with E-state index in [-0.39, 0.29) is 34.6 Å². The van der Waals surface area contributed by atoms with Gasteiger partial charge in [0.15, 0.2) is 0 Å². The summed E-state index contributed by atoms with van der Waals surface area (Å²) in [7, 11) is 0. The van der Waals surface area contributed by atoms with Gasteiger partial charge in [0.2, 0.25) is 11.8 Å². The van der Waals surface area contributed by atoms with E-state index in [1.54, 1.807) is 34.1 Å². The van der Waals surface area contributed by atoms with Gasteiger partial charge < -0.3 is 14.5 Å². The number of nitrogens with zero attached hydrogens (tertiary/aromatic N) is 3. The fourth-order valence-corrected chi connectivity index (χ4v) is 4.21. The molecule has 0 atom stereocenters. The number of rotatable bonds is 6. The predicted molar refractivity (Wildman–Crippen MR) is 125 cm³/mol. The van der Waals surface area contributed by atoms with Gasteiger partial charge in [-0.05, 0) is 43.2 Å². The van der Waals surface area contributed by atoms with Crippen LogP contribution >= 0.6 is 0 Å². The number of carbonyl (C=O) groups is 2. The van der Waals surface area contributed by atoms with Gasteiger partial charge in [0.1, 0.15) is 11.6 Å². The van der Waals surface area contributed by atoms with Crippen molar-refractivity contribution < 1.29 is 18.7 Å². The van der Waals surface area contributed by atoms with E-state index in [1.807, 2.05) is 13.8 Å². The SMILES string of the molecule is CCC(CC)C(=O)N1CCN(C(=O)c2cc(Oc3n[nH]c(=O)c4ccccc34)ccc2F)CC1. The first kappa shape index (κ1) is 23.4. The van der Waals surface area contributed by atoms with Crippen LogP contribution in [-0.4, -0.2) is 58.0 Å². The summed E-state index contributed by atoms with van der Waals surface area (Å²) in [5.41, 5.74) is -0.467. The number of aromatic nitrogens is 2. The van der Waals surface area contributed by atoms with Crippen molar-refractivity contribution in [3.63, 3.8) is 0 Å². The number of amides is 2. The molecule has 178 valence electrons. The van der Waals surface area contributed by atoms with E-state index < -0.39 is 11.7 Å². The summed E-state index contributed by atoms with van der Waals surface area (Å²) in [4.78, 5) is 41.0. The topological polar surface area (TPSA) is 95.6 Å². The molecule has 2 amide bonds. The molecule has 2 aromatic carbocycles. The maximum atomic E-state index is 14.6. The van der Waals surface area contributed by atoms with Crippen molar-refractivity contribution >= 4 is 22.6 Å². The van der Waals surface area contributed by atoms with E-state index >= 15 is 0 Å². The Morgan fingerprint density at radius 2 is 1.68 bits per heavy atom. The fourth-order valence-electron chi connectivity index (χ4n) is 4.21. The molecule has 0 radical (unpaired) electrons. The van der Waals surface area contributed by atoms with E-state index in [1.165, 1.54) is 18.2 Å². The molecule has 9 heteroatoms. The van der Waals surface area contributed by atoms with Crippen LogP contribution in [0.1, 0.15) is 37.0 Å². The van der Waals surface area contributed by atoms with Crippen molar-refractivity contribution in [2.75, 3.05) is 26.2 Å². The van der Waals surface area contributed by atoms with Crippen LogP contribution in [0.3, 0.4) is 0 Å². The third kappa shape index (κ3) is 4.64. The molecule has 3 aromatic rings. The van der Waals surface area contributed by atoms with Gasteiger partial charge in [0.25, 0.3) is 11.5 Å². The second kappa shape index (κ2) is 10.0. The van der Waals surface area contributed by atoms with Gasteiger partial charge in [0.05, 0.1) is 16.3 Å². The van der Waals surface area contributed by atoms with Gasteiger partial charge in [-0.3, -0.25) is 14.4 Å². The Morgan fingerprint density at radius 3 is 2.35 bits per heavy atom. The van der Waals surface area contributed by atoms with Crippen molar-refractivity contribution in [2.24, 2.45) is 5.92 Å². The van der Waals surface area contributed by atoms with Crippen LogP contribution in [0, 0.1) is 11.7 Å². The molecule has 1 aliphatic rings. The summed E-state index contributed by atoms with van der Waals surface area (Å²) in [6.45, 7) is 5.51. The number of hydrogen-bond acceptors (Lipinski definition) is 5. The number of ether oxygens (including phenoxy) is 1. The van der Waals surface area contributed by atoms with Crippen molar-refractivity contribution in [1.29, 1.82) is 0 Å². The van der Waals surface area contributed by atoms with Crippen LogP contribution in [0.4, 0.5) is 4.39 Å². The third-order valence-corrected chi connectivity index (χ3v) is 6.26. The molecule has 8 nitrogen and oxygen atoms in total. The van der Waals surface area contributed by atoms with E-state index in [9.17, 15) is 18.8 Å². The van der Waals surface area contributed by atoms with Gasteiger partial charge in [-0.25, -0.2) is 9.49 Å². The first-order valence-corrected chi connectivity index (χ1v) is 11.5.